The first-order valence-corrected chi connectivity index (χ1v) is 1.88. The number of nitrogens with zero attached hydrogens (tertiary/aromatic N) is 1. The molecule has 40 valence electrons. The predicted octanol–water partition coefficient (Wildman–Crippen LogP) is -0.808. The largest absolute Gasteiger partial charge is 0.446 e. The average Bonchev–Trinajstić information content (AvgIpc) is 1.87. The number of esters is 1. The summed E-state index contributed by atoms with van der Waals surface area (Å²) >= 11 is 0. The molecule has 0 radical (unpaired) electrons. The van der Waals surface area contributed by atoms with Crippen LogP contribution in [0.25, 0.3) is 0 Å². The van der Waals surface area contributed by atoms with Crippen LogP contribution in [-0.2, 0) is 9.53 Å². The van der Waals surface area contributed by atoms with Gasteiger partial charge in [0.2, 0.25) is 0 Å². The summed E-state index contributed by atoms with van der Waals surface area (Å²) < 4.78 is 4.30. The molecule has 1 saturated heterocycles. The highest BCUT2D eigenvalue weighted by molar-refractivity contribution is 5.72. The number of hydrogen-bond donors (Lipinski definition) is 1. The molecule has 0 amide bonds. The number of carbonyl (C=O) groups is 1. The summed E-state index contributed by atoms with van der Waals surface area (Å²) in [6.07, 6.45) is 0. The molecule has 0 aliphatic carbocycles. The first-order chi connectivity index (χ1) is 3.29. The Morgan fingerprint density at radius 2 is 2.57 bits per heavy atom. The molecule has 0 aromatic rings. The maximum absolute atomic E-state index is 10.0. The Kier molecular flexibility index (Phi) is 0.958. The van der Waals surface area contributed by atoms with E-state index in [0.29, 0.717) is 0 Å². The molecule has 7 heavy (non-hydrogen) atoms. The van der Waals surface area contributed by atoms with Crippen molar-refractivity contribution in [2.45, 2.75) is 0 Å². The van der Waals surface area contributed by atoms with Crippen LogP contribution in [0.15, 0.2) is 0 Å². The molecule has 1 aliphatic rings. The summed E-state index contributed by atoms with van der Waals surface area (Å²) in [5.74, 6) is -0.373. The van der Waals surface area contributed by atoms with Crippen LogP contribution in [0.3, 0.4) is 0 Å². The zero-order valence-corrected chi connectivity index (χ0v) is 3.63. The summed E-state index contributed by atoms with van der Waals surface area (Å²) in [6, 6.07) is 0. The van der Waals surface area contributed by atoms with Crippen LogP contribution in [0.5, 0.6) is 0 Å². The minimum absolute atomic E-state index is 0. The minimum atomic E-state index is -0.373. The van der Waals surface area contributed by atoms with Gasteiger partial charge in [0, 0.05) is 0 Å². The van der Waals surface area contributed by atoms with E-state index in [9.17, 15) is 4.79 Å². The highest BCUT2D eigenvalue weighted by Crippen LogP contribution is 1.93. The van der Waals surface area contributed by atoms with Crippen molar-refractivity contribution in [2.75, 3.05) is 13.3 Å². The third-order valence-electron chi connectivity index (χ3n) is 0.686. The number of hydrogen-bond acceptors (Lipinski definition) is 4. The summed E-state index contributed by atoms with van der Waals surface area (Å²) in [6.45, 7) is 0.0127. The van der Waals surface area contributed by atoms with Gasteiger partial charge in [0.1, 0.15) is 6.54 Å². The minimum Gasteiger partial charge on any atom is -0.446 e. The van der Waals surface area contributed by atoms with Gasteiger partial charge in [-0.25, -0.2) is 0 Å². The fraction of sp³-hybridized carbons (Fsp3) is 0.667. The van der Waals surface area contributed by atoms with Gasteiger partial charge < -0.3 is 9.94 Å². The van der Waals surface area contributed by atoms with Gasteiger partial charge in [-0.1, -0.05) is 0 Å². The van der Waals surface area contributed by atoms with Crippen LogP contribution in [0.1, 0.15) is 0 Å². The number of cyclic esters (lactones) is 1. The molecule has 1 fully saturated rings. The summed E-state index contributed by atoms with van der Waals surface area (Å²) in [7, 11) is 0. The van der Waals surface area contributed by atoms with E-state index in [1.807, 2.05) is 0 Å². The molecular weight excluding hydrogens is 98.0 g/mol. The first kappa shape index (κ1) is 4.55. The van der Waals surface area contributed by atoms with Crippen molar-refractivity contribution in [1.82, 2.24) is 5.06 Å². The van der Waals surface area contributed by atoms with E-state index in [4.69, 9.17) is 5.21 Å². The van der Waals surface area contributed by atoms with Crippen LogP contribution in [0, 0.1) is 0 Å². The van der Waals surface area contributed by atoms with Gasteiger partial charge in [0.15, 0.2) is 6.73 Å². The quantitative estimate of drug-likeness (QED) is 0.407. The lowest BCUT2D eigenvalue weighted by molar-refractivity contribution is -0.137. The Hall–Kier alpha value is -0.610. The Balaban J connectivity index is 2.40. The molecule has 0 aromatic heterocycles. The van der Waals surface area contributed by atoms with E-state index in [0.717, 1.165) is 5.06 Å². The molecule has 1 rings (SSSR count). The molecule has 4 nitrogen and oxygen atoms in total. The smallest absolute Gasteiger partial charge is 0.324 e. The first-order valence-electron chi connectivity index (χ1n) is 1.88. The van der Waals surface area contributed by atoms with E-state index in [2.05, 4.69) is 4.74 Å². The molecule has 0 bridgehead atoms. The maximum Gasteiger partial charge on any atom is 0.324 e. The molecule has 0 unspecified atom stereocenters. The van der Waals surface area contributed by atoms with Gasteiger partial charge in [-0.05, 0) is 0 Å². The lowest BCUT2D eigenvalue weighted by atomic mass is 10.7. The van der Waals surface area contributed by atoms with E-state index >= 15 is 0 Å². The molecule has 4 heteroatoms. The van der Waals surface area contributed by atoms with Crippen molar-refractivity contribution < 1.29 is 14.7 Å². The Morgan fingerprint density at radius 1 is 1.86 bits per heavy atom. The summed E-state index contributed by atoms with van der Waals surface area (Å²) in [4.78, 5) is 10.0. The number of carbonyl (C=O) groups excluding carboxylic acids is 1. The van der Waals surface area contributed by atoms with E-state index in [1.54, 1.807) is 0 Å². The van der Waals surface area contributed by atoms with Gasteiger partial charge in [-0.3, -0.25) is 4.79 Å². The lowest BCUT2D eigenvalue weighted by Crippen LogP contribution is -2.14. The molecule has 0 spiro atoms. The van der Waals surface area contributed by atoms with Gasteiger partial charge in [-0.2, -0.15) is 0 Å². The van der Waals surface area contributed by atoms with Crippen LogP contribution in [0.4, 0.5) is 0 Å². The monoisotopic (exact) mass is 103 g/mol. The van der Waals surface area contributed by atoms with Gasteiger partial charge in [0.05, 0.1) is 0 Å². The van der Waals surface area contributed by atoms with Crippen molar-refractivity contribution in [3.05, 3.63) is 0 Å². The highest BCUT2D eigenvalue weighted by Gasteiger charge is 2.17. The highest BCUT2D eigenvalue weighted by atomic mass is 16.6. The fourth-order valence-electron chi connectivity index (χ4n) is 0.387. The molecule has 1 N–H and O–H groups in total. The zero-order chi connectivity index (χ0) is 5.28. The number of ether oxygens (including phenoxy) is 1. The molecule has 0 atom stereocenters. The molecule has 1 heterocycles. The van der Waals surface area contributed by atoms with Crippen LogP contribution in [-0.4, -0.2) is 29.5 Å². The van der Waals surface area contributed by atoms with Crippen molar-refractivity contribution in [1.29, 1.82) is 0 Å². The molecule has 1 aliphatic heterocycles. The van der Waals surface area contributed by atoms with E-state index in [1.165, 1.54) is 0 Å². The van der Waals surface area contributed by atoms with Crippen LogP contribution < -0.4 is 0 Å². The standard InChI is InChI=1S/C3H5NO3/c5-3-1-4(6)2-7-3/h6H,1-2H2. The lowest BCUT2D eigenvalue weighted by Gasteiger charge is -1.94. The zero-order valence-electron chi connectivity index (χ0n) is 3.63. The SMILES string of the molecule is O=C1CN(O)CO1. The second-order valence-electron chi connectivity index (χ2n) is 1.31. The topological polar surface area (TPSA) is 49.8 Å². The summed E-state index contributed by atoms with van der Waals surface area (Å²) in [5.41, 5.74) is 0. The Labute approximate surface area is 40.2 Å². The average molecular weight is 103 g/mol. The van der Waals surface area contributed by atoms with Crippen molar-refractivity contribution in [3.8, 4) is 0 Å². The molecule has 0 aromatic carbocycles. The number of hydroxylamine groups is 2. The normalized spacial score (nSPS) is 22.7. The van der Waals surface area contributed by atoms with Crippen molar-refractivity contribution >= 4 is 5.97 Å². The molecule has 0 saturated carbocycles. The third-order valence-corrected chi connectivity index (χ3v) is 0.686. The van der Waals surface area contributed by atoms with Gasteiger partial charge in [-0.15, -0.1) is 5.06 Å². The van der Waals surface area contributed by atoms with Crippen molar-refractivity contribution in [2.24, 2.45) is 0 Å². The third kappa shape index (κ3) is 0.880. The van der Waals surface area contributed by atoms with Crippen LogP contribution >= 0.6 is 0 Å². The Morgan fingerprint density at radius 3 is 2.71 bits per heavy atom. The second-order valence-corrected chi connectivity index (χ2v) is 1.31. The van der Waals surface area contributed by atoms with Crippen molar-refractivity contribution in [3.63, 3.8) is 0 Å². The molecular formula is C3H5NO3. The Bertz CT molecular complexity index is 92.2. The fourth-order valence-corrected chi connectivity index (χ4v) is 0.387. The predicted molar refractivity (Wildman–Crippen MR) is 19.5 cm³/mol. The van der Waals surface area contributed by atoms with Gasteiger partial charge >= 0.3 is 5.97 Å². The van der Waals surface area contributed by atoms with E-state index < -0.39 is 0 Å². The van der Waals surface area contributed by atoms with E-state index in [-0.39, 0.29) is 19.2 Å². The summed E-state index contributed by atoms with van der Waals surface area (Å²) in [5, 5.41) is 9.19. The number of rotatable bonds is 0. The maximum atomic E-state index is 10.0. The van der Waals surface area contributed by atoms with Gasteiger partial charge in [0.25, 0.3) is 0 Å². The second kappa shape index (κ2) is 1.48. The van der Waals surface area contributed by atoms with Crippen LogP contribution in [0.2, 0.25) is 0 Å².